The average Bonchev–Trinajstić information content (AvgIpc) is 2.38. The van der Waals surface area contributed by atoms with Crippen LogP contribution in [0.25, 0.3) is 0 Å². The fourth-order valence-corrected chi connectivity index (χ4v) is 1.83. The standard InChI is InChI=1S/C14H9ClF3NO/c15-9-1-2-13(18)12(5-9)14(20)19-7-8-3-10(16)6-11(17)4-8/h1-6H,7H2,(H,19,20). The second-order valence-electron chi connectivity index (χ2n) is 4.08. The Morgan fingerprint density at radius 2 is 1.70 bits per heavy atom. The lowest BCUT2D eigenvalue weighted by Crippen LogP contribution is -2.24. The molecule has 0 aliphatic rings. The van der Waals surface area contributed by atoms with E-state index in [1.807, 2.05) is 0 Å². The molecule has 1 N–H and O–H groups in total. The van der Waals surface area contributed by atoms with Crippen molar-refractivity contribution in [1.82, 2.24) is 5.32 Å². The van der Waals surface area contributed by atoms with Gasteiger partial charge in [-0.25, -0.2) is 13.2 Å². The first-order chi connectivity index (χ1) is 9.45. The highest BCUT2D eigenvalue weighted by molar-refractivity contribution is 6.30. The van der Waals surface area contributed by atoms with Crippen molar-refractivity contribution >= 4 is 17.5 Å². The summed E-state index contributed by atoms with van der Waals surface area (Å²) < 4.78 is 39.4. The van der Waals surface area contributed by atoms with E-state index in [9.17, 15) is 18.0 Å². The minimum atomic E-state index is -0.747. The van der Waals surface area contributed by atoms with Crippen LogP contribution in [0.3, 0.4) is 0 Å². The number of carbonyl (C=O) groups is 1. The van der Waals surface area contributed by atoms with Gasteiger partial charge in [0, 0.05) is 17.6 Å². The Bertz CT molecular complexity index is 641. The van der Waals surface area contributed by atoms with Crippen LogP contribution in [0.5, 0.6) is 0 Å². The number of nitrogens with one attached hydrogen (secondary N) is 1. The molecule has 0 radical (unpaired) electrons. The number of hydrogen-bond donors (Lipinski definition) is 1. The van der Waals surface area contributed by atoms with E-state index in [1.165, 1.54) is 12.1 Å². The summed E-state index contributed by atoms with van der Waals surface area (Å²) in [4.78, 5) is 11.8. The molecule has 104 valence electrons. The zero-order valence-electron chi connectivity index (χ0n) is 10.1. The zero-order chi connectivity index (χ0) is 14.7. The molecular formula is C14H9ClF3NO. The van der Waals surface area contributed by atoms with Crippen molar-refractivity contribution in [1.29, 1.82) is 0 Å². The van der Waals surface area contributed by atoms with Crippen molar-refractivity contribution in [2.75, 3.05) is 0 Å². The molecule has 0 unspecified atom stereocenters. The molecule has 2 rings (SSSR count). The first-order valence-corrected chi connectivity index (χ1v) is 6.02. The van der Waals surface area contributed by atoms with Gasteiger partial charge in [0.05, 0.1) is 5.56 Å². The maximum absolute atomic E-state index is 13.4. The lowest BCUT2D eigenvalue weighted by molar-refractivity contribution is 0.0946. The Morgan fingerprint density at radius 3 is 2.35 bits per heavy atom. The normalized spacial score (nSPS) is 10.4. The molecule has 0 aliphatic heterocycles. The predicted molar refractivity (Wildman–Crippen MR) is 68.9 cm³/mol. The van der Waals surface area contributed by atoms with Gasteiger partial charge in [0.2, 0.25) is 0 Å². The van der Waals surface area contributed by atoms with Crippen molar-refractivity contribution in [3.63, 3.8) is 0 Å². The number of amides is 1. The molecule has 20 heavy (non-hydrogen) atoms. The molecule has 0 fully saturated rings. The molecule has 6 heteroatoms. The SMILES string of the molecule is O=C(NCc1cc(F)cc(F)c1)c1cc(Cl)ccc1F. The van der Waals surface area contributed by atoms with Crippen molar-refractivity contribution in [2.45, 2.75) is 6.54 Å². The van der Waals surface area contributed by atoms with Crippen molar-refractivity contribution < 1.29 is 18.0 Å². The second kappa shape index (κ2) is 5.96. The van der Waals surface area contributed by atoms with Crippen LogP contribution in [-0.4, -0.2) is 5.91 Å². The van der Waals surface area contributed by atoms with Gasteiger partial charge in [-0.3, -0.25) is 4.79 Å². The molecule has 0 aliphatic carbocycles. The maximum atomic E-state index is 13.4. The summed E-state index contributed by atoms with van der Waals surface area (Å²) >= 11 is 5.67. The Kier molecular flexibility index (Phi) is 4.29. The van der Waals surface area contributed by atoms with Gasteiger partial charge in [-0.1, -0.05) is 11.6 Å². The van der Waals surface area contributed by atoms with Crippen LogP contribution in [0.2, 0.25) is 5.02 Å². The Labute approximate surface area is 118 Å². The highest BCUT2D eigenvalue weighted by Crippen LogP contribution is 2.15. The second-order valence-corrected chi connectivity index (χ2v) is 4.52. The van der Waals surface area contributed by atoms with Gasteiger partial charge >= 0.3 is 0 Å². The number of rotatable bonds is 3. The van der Waals surface area contributed by atoms with E-state index < -0.39 is 23.4 Å². The summed E-state index contributed by atoms with van der Waals surface area (Å²) in [6.07, 6.45) is 0. The molecule has 0 saturated carbocycles. The van der Waals surface area contributed by atoms with E-state index in [0.717, 1.165) is 24.3 Å². The van der Waals surface area contributed by atoms with Crippen LogP contribution in [0.15, 0.2) is 36.4 Å². The van der Waals surface area contributed by atoms with Crippen LogP contribution in [-0.2, 0) is 6.54 Å². The number of benzene rings is 2. The number of hydrogen-bond acceptors (Lipinski definition) is 1. The number of halogens is 4. The van der Waals surface area contributed by atoms with Crippen LogP contribution in [0, 0.1) is 17.5 Å². The topological polar surface area (TPSA) is 29.1 Å². The molecule has 0 atom stereocenters. The third kappa shape index (κ3) is 3.51. The van der Waals surface area contributed by atoms with Gasteiger partial charge in [0.15, 0.2) is 0 Å². The summed E-state index contributed by atoms with van der Waals surface area (Å²) in [7, 11) is 0. The largest absolute Gasteiger partial charge is 0.348 e. The van der Waals surface area contributed by atoms with E-state index >= 15 is 0 Å². The van der Waals surface area contributed by atoms with Crippen LogP contribution in [0.4, 0.5) is 13.2 Å². The predicted octanol–water partition coefficient (Wildman–Crippen LogP) is 3.69. The summed E-state index contributed by atoms with van der Waals surface area (Å²) in [5.74, 6) is -2.93. The smallest absolute Gasteiger partial charge is 0.254 e. The van der Waals surface area contributed by atoms with Gasteiger partial charge in [0.25, 0.3) is 5.91 Å². The fourth-order valence-electron chi connectivity index (χ4n) is 1.66. The summed E-state index contributed by atoms with van der Waals surface area (Å²) in [5.41, 5.74) is 0.00709. The van der Waals surface area contributed by atoms with Crippen molar-refractivity contribution in [3.8, 4) is 0 Å². The van der Waals surface area contributed by atoms with Gasteiger partial charge in [-0.05, 0) is 35.9 Å². The zero-order valence-corrected chi connectivity index (χ0v) is 10.8. The first kappa shape index (κ1) is 14.4. The monoisotopic (exact) mass is 299 g/mol. The highest BCUT2D eigenvalue weighted by atomic mass is 35.5. The van der Waals surface area contributed by atoms with E-state index in [-0.39, 0.29) is 22.7 Å². The Morgan fingerprint density at radius 1 is 1.05 bits per heavy atom. The first-order valence-electron chi connectivity index (χ1n) is 5.64. The summed E-state index contributed by atoms with van der Waals surface area (Å²) in [5, 5.41) is 2.58. The van der Waals surface area contributed by atoms with E-state index in [0.29, 0.717) is 0 Å². The maximum Gasteiger partial charge on any atom is 0.254 e. The third-order valence-electron chi connectivity index (χ3n) is 2.55. The van der Waals surface area contributed by atoms with Gasteiger partial charge in [-0.2, -0.15) is 0 Å². The summed E-state index contributed by atoms with van der Waals surface area (Å²) in [6.45, 7) is -0.126. The minimum absolute atomic E-state index is 0.126. The molecule has 2 aromatic carbocycles. The summed E-state index contributed by atoms with van der Waals surface area (Å²) in [6, 6.07) is 6.45. The average molecular weight is 300 g/mol. The molecule has 1 amide bonds. The molecule has 0 aromatic heterocycles. The van der Waals surface area contributed by atoms with Crippen molar-refractivity contribution in [2.24, 2.45) is 0 Å². The highest BCUT2D eigenvalue weighted by Gasteiger charge is 2.12. The lowest BCUT2D eigenvalue weighted by Gasteiger charge is -2.07. The molecule has 0 spiro atoms. The molecule has 0 heterocycles. The Balaban J connectivity index is 2.10. The Hall–Kier alpha value is -2.01. The van der Waals surface area contributed by atoms with E-state index in [2.05, 4.69) is 5.32 Å². The lowest BCUT2D eigenvalue weighted by atomic mass is 10.1. The van der Waals surface area contributed by atoms with E-state index in [1.54, 1.807) is 0 Å². The molecule has 0 saturated heterocycles. The molecule has 2 nitrogen and oxygen atoms in total. The minimum Gasteiger partial charge on any atom is -0.348 e. The van der Waals surface area contributed by atoms with E-state index in [4.69, 9.17) is 11.6 Å². The van der Waals surface area contributed by atoms with Gasteiger partial charge in [0.1, 0.15) is 17.5 Å². The molecule has 0 bridgehead atoms. The van der Waals surface area contributed by atoms with Gasteiger partial charge < -0.3 is 5.32 Å². The molecular weight excluding hydrogens is 291 g/mol. The van der Waals surface area contributed by atoms with Crippen LogP contribution >= 0.6 is 11.6 Å². The number of carbonyl (C=O) groups excluding carboxylic acids is 1. The fraction of sp³-hybridized carbons (Fsp3) is 0.0714. The van der Waals surface area contributed by atoms with Crippen molar-refractivity contribution in [3.05, 3.63) is 70.0 Å². The molecule has 2 aromatic rings. The third-order valence-corrected chi connectivity index (χ3v) is 2.78. The quantitative estimate of drug-likeness (QED) is 0.920. The van der Waals surface area contributed by atoms with Gasteiger partial charge in [-0.15, -0.1) is 0 Å². The van der Waals surface area contributed by atoms with Crippen LogP contribution in [0.1, 0.15) is 15.9 Å². The van der Waals surface area contributed by atoms with Crippen LogP contribution < -0.4 is 5.32 Å².